The number of ketones is 1. The summed E-state index contributed by atoms with van der Waals surface area (Å²) in [5, 5.41) is 4.36. The molecule has 3 aromatic rings. The number of hydrazone groups is 1. The number of benzene rings is 3. The van der Waals surface area contributed by atoms with Crippen LogP contribution >= 0.6 is 0 Å². The van der Waals surface area contributed by atoms with Crippen LogP contribution in [0.4, 0.5) is 5.69 Å². The third-order valence-electron chi connectivity index (χ3n) is 3.37. The minimum absolute atomic E-state index is 0.111. The Bertz CT molecular complexity index is 797. The van der Waals surface area contributed by atoms with Crippen LogP contribution in [-0.2, 0) is 0 Å². The highest BCUT2D eigenvalue weighted by molar-refractivity contribution is 6.51. The molecule has 3 nitrogen and oxygen atoms in total. The Kier molecular flexibility index (Phi) is 4.60. The number of hydrogen-bond donors (Lipinski definition) is 1. The van der Waals surface area contributed by atoms with Crippen molar-refractivity contribution in [3.8, 4) is 0 Å². The van der Waals surface area contributed by atoms with E-state index < -0.39 is 0 Å². The zero-order chi connectivity index (χ0) is 15.9. The lowest BCUT2D eigenvalue weighted by Crippen LogP contribution is -2.17. The maximum atomic E-state index is 12.8. The van der Waals surface area contributed by atoms with Gasteiger partial charge in [-0.05, 0) is 12.1 Å². The zero-order valence-corrected chi connectivity index (χ0v) is 12.5. The molecule has 0 fully saturated rings. The van der Waals surface area contributed by atoms with Gasteiger partial charge in [0, 0.05) is 11.1 Å². The first-order chi connectivity index (χ1) is 11.3. The number of Topliss-reactive ketones (excluding diaryl/α,β-unsaturated/α-hetero) is 1. The molecule has 0 spiro atoms. The van der Waals surface area contributed by atoms with Crippen molar-refractivity contribution < 1.29 is 4.79 Å². The van der Waals surface area contributed by atoms with Gasteiger partial charge < -0.3 is 0 Å². The first kappa shape index (κ1) is 14.7. The van der Waals surface area contributed by atoms with Gasteiger partial charge in [0.1, 0.15) is 5.71 Å². The molecule has 0 bridgehead atoms. The van der Waals surface area contributed by atoms with E-state index in [-0.39, 0.29) is 5.78 Å². The second kappa shape index (κ2) is 7.18. The van der Waals surface area contributed by atoms with E-state index in [1.807, 2.05) is 78.9 Å². The average Bonchev–Trinajstić information content (AvgIpc) is 2.64. The number of carbonyl (C=O) groups excluding carboxylic acids is 1. The molecule has 0 radical (unpaired) electrons. The SMILES string of the molecule is O=C(/C(=N/Nc1ccccc1)c1ccccc1)c1ccccc1. The highest BCUT2D eigenvalue weighted by Gasteiger charge is 2.16. The smallest absolute Gasteiger partial charge is 0.213 e. The minimum Gasteiger partial charge on any atom is -0.287 e. The standard InChI is InChI=1S/C20H16N2O/c23-20(17-12-6-2-7-13-17)19(16-10-4-1-5-11-16)22-21-18-14-8-3-9-15-18/h1-15,21H/b22-19+. The summed E-state index contributed by atoms with van der Waals surface area (Å²) in [6.45, 7) is 0. The first-order valence-electron chi connectivity index (χ1n) is 7.38. The average molecular weight is 300 g/mol. The van der Waals surface area contributed by atoms with Crippen molar-refractivity contribution in [2.75, 3.05) is 5.43 Å². The molecule has 0 aliphatic carbocycles. The molecule has 23 heavy (non-hydrogen) atoms. The molecule has 1 N–H and O–H groups in total. The van der Waals surface area contributed by atoms with E-state index >= 15 is 0 Å². The van der Waals surface area contributed by atoms with Gasteiger partial charge in [0.15, 0.2) is 0 Å². The van der Waals surface area contributed by atoms with Gasteiger partial charge in [-0.1, -0.05) is 78.9 Å². The first-order valence-corrected chi connectivity index (χ1v) is 7.38. The van der Waals surface area contributed by atoms with Crippen molar-refractivity contribution in [2.45, 2.75) is 0 Å². The molecule has 0 unspecified atom stereocenters. The van der Waals surface area contributed by atoms with E-state index in [9.17, 15) is 4.79 Å². The van der Waals surface area contributed by atoms with Gasteiger partial charge in [-0.25, -0.2) is 0 Å². The lowest BCUT2D eigenvalue weighted by atomic mass is 10.0. The molecular weight excluding hydrogens is 284 g/mol. The second-order valence-corrected chi connectivity index (χ2v) is 5.00. The molecule has 3 rings (SSSR count). The summed E-state index contributed by atoms with van der Waals surface area (Å²) in [7, 11) is 0. The van der Waals surface area contributed by atoms with Crippen molar-refractivity contribution in [3.05, 3.63) is 102 Å². The normalized spacial score (nSPS) is 11.0. The number of rotatable bonds is 5. The van der Waals surface area contributed by atoms with E-state index in [4.69, 9.17) is 0 Å². The summed E-state index contributed by atoms with van der Waals surface area (Å²) in [5.74, 6) is -0.111. The summed E-state index contributed by atoms with van der Waals surface area (Å²) in [6, 6.07) is 28.2. The molecule has 0 saturated heterocycles. The third kappa shape index (κ3) is 3.71. The number of carbonyl (C=O) groups is 1. The topological polar surface area (TPSA) is 41.5 Å². The van der Waals surface area contributed by atoms with Gasteiger partial charge in [-0.15, -0.1) is 0 Å². The van der Waals surface area contributed by atoms with Crippen LogP contribution < -0.4 is 5.43 Å². The van der Waals surface area contributed by atoms with Gasteiger partial charge in [0.2, 0.25) is 5.78 Å². The number of anilines is 1. The van der Waals surface area contributed by atoms with Crippen LogP contribution in [0.2, 0.25) is 0 Å². The van der Waals surface area contributed by atoms with Crippen LogP contribution in [0.3, 0.4) is 0 Å². The summed E-state index contributed by atoms with van der Waals surface area (Å²) in [5.41, 5.74) is 5.58. The van der Waals surface area contributed by atoms with Crippen molar-refractivity contribution >= 4 is 17.2 Å². The number of nitrogens with one attached hydrogen (secondary N) is 1. The molecule has 0 aliphatic rings. The molecule has 0 aliphatic heterocycles. The third-order valence-corrected chi connectivity index (χ3v) is 3.37. The fourth-order valence-corrected chi connectivity index (χ4v) is 2.20. The van der Waals surface area contributed by atoms with Crippen LogP contribution in [0.1, 0.15) is 15.9 Å². The van der Waals surface area contributed by atoms with E-state index in [0.717, 1.165) is 11.3 Å². The maximum Gasteiger partial charge on any atom is 0.213 e. The largest absolute Gasteiger partial charge is 0.287 e. The zero-order valence-electron chi connectivity index (χ0n) is 12.5. The van der Waals surface area contributed by atoms with Crippen molar-refractivity contribution in [3.63, 3.8) is 0 Å². The van der Waals surface area contributed by atoms with Crippen LogP contribution in [0, 0.1) is 0 Å². The lowest BCUT2D eigenvalue weighted by Gasteiger charge is -2.07. The molecule has 112 valence electrons. The monoisotopic (exact) mass is 300 g/mol. The van der Waals surface area contributed by atoms with E-state index in [0.29, 0.717) is 11.3 Å². The predicted octanol–water partition coefficient (Wildman–Crippen LogP) is 4.39. The Hall–Kier alpha value is -3.20. The van der Waals surface area contributed by atoms with Gasteiger partial charge in [-0.2, -0.15) is 5.10 Å². The van der Waals surface area contributed by atoms with Crippen LogP contribution in [-0.4, -0.2) is 11.5 Å². The summed E-state index contributed by atoms with van der Waals surface area (Å²) >= 11 is 0. The minimum atomic E-state index is -0.111. The molecule has 0 atom stereocenters. The summed E-state index contributed by atoms with van der Waals surface area (Å²) in [4.78, 5) is 12.8. The molecule has 0 aromatic heterocycles. The predicted molar refractivity (Wildman–Crippen MR) is 93.8 cm³/mol. The molecule has 0 heterocycles. The summed E-state index contributed by atoms with van der Waals surface area (Å²) < 4.78 is 0. The van der Waals surface area contributed by atoms with E-state index in [2.05, 4.69) is 10.5 Å². The highest BCUT2D eigenvalue weighted by atomic mass is 16.1. The Morgan fingerprint density at radius 3 is 1.70 bits per heavy atom. The second-order valence-electron chi connectivity index (χ2n) is 5.00. The quantitative estimate of drug-likeness (QED) is 0.431. The molecular formula is C20H16N2O. The summed E-state index contributed by atoms with van der Waals surface area (Å²) in [6.07, 6.45) is 0. The fourth-order valence-electron chi connectivity index (χ4n) is 2.20. The Morgan fingerprint density at radius 1 is 0.652 bits per heavy atom. The van der Waals surface area contributed by atoms with Crippen LogP contribution in [0.15, 0.2) is 96.1 Å². The molecule has 3 heteroatoms. The molecule has 3 aromatic carbocycles. The van der Waals surface area contributed by atoms with E-state index in [1.165, 1.54) is 0 Å². The lowest BCUT2D eigenvalue weighted by molar-refractivity contribution is 0.106. The molecule has 0 saturated carbocycles. The van der Waals surface area contributed by atoms with Crippen LogP contribution in [0.25, 0.3) is 0 Å². The number of nitrogens with zero attached hydrogens (tertiary/aromatic N) is 1. The number of para-hydroxylation sites is 1. The van der Waals surface area contributed by atoms with Crippen molar-refractivity contribution in [1.29, 1.82) is 0 Å². The Labute approximate surface area is 135 Å². The van der Waals surface area contributed by atoms with Crippen LogP contribution in [0.5, 0.6) is 0 Å². The van der Waals surface area contributed by atoms with E-state index in [1.54, 1.807) is 12.1 Å². The Balaban J connectivity index is 1.96. The van der Waals surface area contributed by atoms with Gasteiger partial charge in [0.05, 0.1) is 5.69 Å². The molecule has 0 amide bonds. The van der Waals surface area contributed by atoms with Gasteiger partial charge >= 0.3 is 0 Å². The number of hydrogen-bond acceptors (Lipinski definition) is 3. The van der Waals surface area contributed by atoms with Crippen molar-refractivity contribution in [2.24, 2.45) is 5.10 Å². The highest BCUT2D eigenvalue weighted by Crippen LogP contribution is 2.11. The fraction of sp³-hybridized carbons (Fsp3) is 0. The van der Waals surface area contributed by atoms with Gasteiger partial charge in [-0.3, -0.25) is 10.2 Å². The maximum absolute atomic E-state index is 12.8. The van der Waals surface area contributed by atoms with Gasteiger partial charge in [0.25, 0.3) is 0 Å². The van der Waals surface area contributed by atoms with Crippen molar-refractivity contribution in [1.82, 2.24) is 0 Å². The Morgan fingerprint density at radius 2 is 1.13 bits per heavy atom.